The van der Waals surface area contributed by atoms with Gasteiger partial charge in [0.15, 0.2) is 0 Å². The van der Waals surface area contributed by atoms with Gasteiger partial charge in [0.05, 0.1) is 0 Å². The van der Waals surface area contributed by atoms with Crippen LogP contribution in [0.25, 0.3) is 5.53 Å². The van der Waals surface area contributed by atoms with E-state index in [0.717, 1.165) is 11.8 Å². The van der Waals surface area contributed by atoms with Crippen molar-refractivity contribution < 1.29 is 19.1 Å². The van der Waals surface area contributed by atoms with Crippen LogP contribution in [0.3, 0.4) is 0 Å². The molecule has 0 heterocycles. The molecule has 0 aliphatic carbocycles. The van der Waals surface area contributed by atoms with Crippen LogP contribution in [-0.4, -0.2) is 28.9 Å². The molecule has 21 heavy (non-hydrogen) atoms. The number of rotatable bonds is 7. The Kier molecular flexibility index (Phi) is 6.84. The predicted molar refractivity (Wildman–Crippen MR) is 77.7 cm³/mol. The minimum absolute atomic E-state index is 0.0974. The third-order valence-corrected chi connectivity index (χ3v) is 3.19. The van der Waals surface area contributed by atoms with Gasteiger partial charge in [-0.3, -0.25) is 4.79 Å². The zero-order valence-corrected chi connectivity index (χ0v) is 12.2. The summed E-state index contributed by atoms with van der Waals surface area (Å²) in [4.78, 5) is 26.2. The number of amides is 1. The molecule has 0 saturated heterocycles. The van der Waals surface area contributed by atoms with Gasteiger partial charge in [-0.05, 0) is 11.5 Å². The molecule has 0 aliphatic heterocycles. The van der Waals surface area contributed by atoms with Gasteiger partial charge in [-0.1, -0.05) is 50.6 Å². The van der Waals surface area contributed by atoms with Gasteiger partial charge in [0, 0.05) is 0 Å². The van der Waals surface area contributed by atoms with Crippen molar-refractivity contribution in [2.24, 2.45) is 5.92 Å². The number of Topliss-reactive ketones (excluding diaryl/α,β-unsaturated/α-hetero) is 1. The molecule has 1 rings (SSSR count). The topological polar surface area (TPSA) is 91.8 Å². The van der Waals surface area contributed by atoms with Gasteiger partial charge in [0.1, 0.15) is 12.6 Å². The molecule has 112 valence electrons. The van der Waals surface area contributed by atoms with Gasteiger partial charge in [-0.15, -0.1) is 0 Å². The number of ketones is 1. The second-order valence-corrected chi connectivity index (χ2v) is 4.72. The van der Waals surface area contributed by atoms with Crippen molar-refractivity contribution in [3.63, 3.8) is 0 Å². The quantitative estimate of drug-likeness (QED) is 0.474. The first kappa shape index (κ1) is 16.6. The molecule has 0 aromatic heterocycles. The highest BCUT2D eigenvalue weighted by Gasteiger charge is 2.27. The number of benzene rings is 1. The lowest BCUT2D eigenvalue weighted by Gasteiger charge is -2.20. The number of ether oxygens (including phenoxy) is 1. The first-order valence-corrected chi connectivity index (χ1v) is 6.77. The van der Waals surface area contributed by atoms with Gasteiger partial charge in [-0.2, -0.15) is 4.79 Å². The van der Waals surface area contributed by atoms with E-state index in [0.29, 0.717) is 6.42 Å². The third-order valence-electron chi connectivity index (χ3n) is 3.19. The van der Waals surface area contributed by atoms with Crippen LogP contribution in [0.15, 0.2) is 30.3 Å². The third kappa shape index (κ3) is 5.58. The Morgan fingerprint density at radius 1 is 1.38 bits per heavy atom. The van der Waals surface area contributed by atoms with Crippen LogP contribution in [0, 0.1) is 5.92 Å². The van der Waals surface area contributed by atoms with Crippen LogP contribution < -0.4 is 5.32 Å². The standard InChI is InChI=1S/C15H19N3O3/c1-3-11(2)14(13(19)9-17-16)18-15(20)21-10-12-7-5-4-6-8-12/h4-9,11,14H,3,10H2,1-2H3,(H,18,20)/t11-,14+/m1/s1. The first-order valence-electron chi connectivity index (χ1n) is 6.77. The monoisotopic (exact) mass is 289 g/mol. The van der Waals surface area contributed by atoms with E-state index in [4.69, 9.17) is 10.3 Å². The van der Waals surface area contributed by atoms with E-state index in [1.807, 2.05) is 44.2 Å². The molecule has 1 N–H and O–H groups in total. The van der Waals surface area contributed by atoms with Crippen molar-refractivity contribution in [1.29, 1.82) is 0 Å². The molecule has 2 atom stereocenters. The Hall–Kier alpha value is -2.46. The van der Waals surface area contributed by atoms with E-state index in [-0.39, 0.29) is 12.5 Å². The molecular formula is C15H19N3O3. The Balaban J connectivity index is 2.59. The van der Waals surface area contributed by atoms with Crippen LogP contribution in [0.2, 0.25) is 0 Å². The molecule has 1 aromatic carbocycles. The average Bonchev–Trinajstić information content (AvgIpc) is 2.51. The molecule has 6 heteroatoms. The molecule has 6 nitrogen and oxygen atoms in total. The molecule has 1 aromatic rings. The Morgan fingerprint density at radius 2 is 2.05 bits per heavy atom. The van der Waals surface area contributed by atoms with E-state index < -0.39 is 17.9 Å². The molecule has 0 aliphatic rings. The molecule has 0 spiro atoms. The maximum absolute atomic E-state index is 11.8. The van der Waals surface area contributed by atoms with Gasteiger partial charge in [0.25, 0.3) is 5.78 Å². The number of nitrogens with zero attached hydrogens (tertiary/aromatic N) is 2. The summed E-state index contributed by atoms with van der Waals surface area (Å²) in [6.07, 6.45) is 0.798. The maximum atomic E-state index is 11.8. The molecule has 0 radical (unpaired) electrons. The van der Waals surface area contributed by atoms with Crippen molar-refractivity contribution in [2.75, 3.05) is 0 Å². The van der Waals surface area contributed by atoms with E-state index in [9.17, 15) is 9.59 Å². The average molecular weight is 289 g/mol. The molecule has 0 saturated carbocycles. The summed E-state index contributed by atoms with van der Waals surface area (Å²) in [5, 5.41) is 2.51. The summed E-state index contributed by atoms with van der Waals surface area (Å²) in [7, 11) is 0. The maximum Gasteiger partial charge on any atom is 0.408 e. The van der Waals surface area contributed by atoms with Gasteiger partial charge in [-0.25, -0.2) is 4.79 Å². The summed E-state index contributed by atoms with van der Waals surface area (Å²) >= 11 is 0. The van der Waals surface area contributed by atoms with Gasteiger partial charge < -0.3 is 15.6 Å². The number of carbonyl (C=O) groups is 2. The number of alkyl carbamates (subject to hydrolysis) is 1. The Labute approximate surface area is 123 Å². The highest BCUT2D eigenvalue weighted by atomic mass is 16.5. The molecule has 0 fully saturated rings. The molecule has 0 bridgehead atoms. The van der Waals surface area contributed by atoms with Crippen LogP contribution in [0.1, 0.15) is 25.8 Å². The number of carbonyl (C=O) groups excluding carboxylic acids is 2. The minimum Gasteiger partial charge on any atom is -0.445 e. The fourth-order valence-corrected chi connectivity index (χ4v) is 1.76. The van der Waals surface area contributed by atoms with Crippen LogP contribution in [0.4, 0.5) is 4.79 Å². The van der Waals surface area contributed by atoms with Crippen LogP contribution >= 0.6 is 0 Å². The van der Waals surface area contributed by atoms with Crippen LogP contribution in [-0.2, 0) is 16.1 Å². The molecule has 0 unspecified atom stereocenters. The minimum atomic E-state index is -0.769. The van der Waals surface area contributed by atoms with E-state index in [2.05, 4.69) is 10.1 Å². The summed E-state index contributed by atoms with van der Waals surface area (Å²) in [6.45, 7) is 3.85. The SMILES string of the molecule is CC[C@@H](C)[C@H](NC(=O)OCc1ccccc1)C(=O)C=[N+]=[N-]. The normalized spacial score (nSPS) is 12.7. The Morgan fingerprint density at radius 3 is 2.62 bits per heavy atom. The second kappa shape index (κ2) is 8.66. The highest BCUT2D eigenvalue weighted by Crippen LogP contribution is 2.09. The summed E-state index contributed by atoms with van der Waals surface area (Å²) < 4.78 is 5.07. The molecular weight excluding hydrogens is 270 g/mol. The first-order chi connectivity index (χ1) is 10.1. The summed E-state index contributed by atoms with van der Waals surface area (Å²) in [5.74, 6) is -0.566. The Bertz CT molecular complexity index is 524. The molecule has 1 amide bonds. The highest BCUT2D eigenvalue weighted by molar-refractivity contribution is 6.28. The van der Waals surface area contributed by atoms with Crippen molar-refractivity contribution in [2.45, 2.75) is 32.9 Å². The predicted octanol–water partition coefficient (Wildman–Crippen LogP) is 2.20. The fraction of sp³-hybridized carbons (Fsp3) is 0.400. The van der Waals surface area contributed by atoms with Gasteiger partial charge in [0.2, 0.25) is 0 Å². The second-order valence-electron chi connectivity index (χ2n) is 4.72. The van der Waals surface area contributed by atoms with Crippen molar-refractivity contribution in [1.82, 2.24) is 5.32 Å². The zero-order valence-electron chi connectivity index (χ0n) is 12.2. The lowest BCUT2D eigenvalue weighted by molar-refractivity contribution is -0.118. The van der Waals surface area contributed by atoms with E-state index in [1.54, 1.807) is 0 Å². The smallest absolute Gasteiger partial charge is 0.408 e. The largest absolute Gasteiger partial charge is 0.445 e. The number of hydrogen-bond donors (Lipinski definition) is 1. The van der Waals surface area contributed by atoms with Crippen molar-refractivity contribution in [3.8, 4) is 0 Å². The van der Waals surface area contributed by atoms with E-state index >= 15 is 0 Å². The van der Waals surface area contributed by atoms with Crippen molar-refractivity contribution in [3.05, 3.63) is 41.4 Å². The van der Waals surface area contributed by atoms with Crippen molar-refractivity contribution >= 4 is 18.1 Å². The number of nitrogens with one attached hydrogen (secondary N) is 1. The van der Waals surface area contributed by atoms with E-state index in [1.165, 1.54) is 0 Å². The number of hydrogen-bond acceptors (Lipinski definition) is 3. The zero-order chi connectivity index (χ0) is 15.7. The lowest BCUT2D eigenvalue weighted by Crippen LogP contribution is -2.45. The fourth-order valence-electron chi connectivity index (χ4n) is 1.76. The summed E-state index contributed by atoms with van der Waals surface area (Å²) in [6, 6.07) is 8.47. The lowest BCUT2D eigenvalue weighted by atomic mass is 9.96. The summed E-state index contributed by atoms with van der Waals surface area (Å²) in [5.41, 5.74) is 9.29. The van der Waals surface area contributed by atoms with Crippen LogP contribution in [0.5, 0.6) is 0 Å². The van der Waals surface area contributed by atoms with Gasteiger partial charge >= 0.3 is 12.3 Å².